The van der Waals surface area contributed by atoms with Crippen LogP contribution >= 0.6 is 11.3 Å². The number of benzene rings is 2. The Balaban J connectivity index is 1.40. The molecule has 1 saturated carbocycles. The molecule has 2 aromatic heterocycles. The number of fused-ring (bicyclic) bond motifs is 1. The standard InChI is InChI=1S/C24H25N5OS/c1-15-5-4-6-17(13-15)22-21(28-24(25)31-22)23(30)29(14-16-9-10-16)12-11-20-26-18-7-2-3-8-19(18)27-20/h2-8,13,16H,9-12,14H2,1H3,(H2,25,28)(H,26,27). The summed E-state index contributed by atoms with van der Waals surface area (Å²) < 4.78 is 0. The van der Waals surface area contributed by atoms with Crippen molar-refractivity contribution in [3.05, 3.63) is 65.6 Å². The van der Waals surface area contributed by atoms with Crippen LogP contribution in [0.2, 0.25) is 0 Å². The Hall–Kier alpha value is -3.19. The zero-order chi connectivity index (χ0) is 21.4. The van der Waals surface area contributed by atoms with Crippen LogP contribution < -0.4 is 5.73 Å². The average Bonchev–Trinajstić information content (AvgIpc) is 3.34. The van der Waals surface area contributed by atoms with E-state index in [9.17, 15) is 4.79 Å². The van der Waals surface area contributed by atoms with Crippen molar-refractivity contribution in [2.45, 2.75) is 26.2 Å². The van der Waals surface area contributed by atoms with E-state index < -0.39 is 0 Å². The van der Waals surface area contributed by atoms with Gasteiger partial charge in [-0.3, -0.25) is 4.79 Å². The van der Waals surface area contributed by atoms with Crippen LogP contribution in [-0.2, 0) is 6.42 Å². The summed E-state index contributed by atoms with van der Waals surface area (Å²) in [7, 11) is 0. The Kier molecular flexibility index (Phi) is 5.19. The molecule has 0 unspecified atom stereocenters. The number of aromatic nitrogens is 3. The number of anilines is 1. The topological polar surface area (TPSA) is 87.9 Å². The molecule has 6 nitrogen and oxygen atoms in total. The Morgan fingerprint density at radius 3 is 2.81 bits per heavy atom. The molecular formula is C24H25N5OS. The first-order valence-electron chi connectivity index (χ1n) is 10.6. The molecule has 1 aliphatic rings. The van der Waals surface area contributed by atoms with Gasteiger partial charge in [-0.1, -0.05) is 53.3 Å². The lowest BCUT2D eigenvalue weighted by atomic mass is 10.1. The first-order chi connectivity index (χ1) is 15.1. The molecule has 1 fully saturated rings. The van der Waals surface area contributed by atoms with Crippen molar-refractivity contribution in [3.8, 4) is 10.4 Å². The molecule has 0 aliphatic heterocycles. The average molecular weight is 432 g/mol. The predicted molar refractivity (Wildman–Crippen MR) is 125 cm³/mol. The molecule has 0 atom stereocenters. The fourth-order valence-corrected chi connectivity index (χ4v) is 4.69. The van der Waals surface area contributed by atoms with Crippen LogP contribution in [0, 0.1) is 12.8 Å². The van der Waals surface area contributed by atoms with Crippen molar-refractivity contribution in [2.24, 2.45) is 5.92 Å². The number of hydrogen-bond acceptors (Lipinski definition) is 5. The predicted octanol–water partition coefficient (Wildman–Crippen LogP) is 4.67. The molecule has 158 valence electrons. The molecule has 4 aromatic rings. The maximum absolute atomic E-state index is 13.6. The van der Waals surface area contributed by atoms with Crippen LogP contribution in [0.5, 0.6) is 0 Å². The summed E-state index contributed by atoms with van der Waals surface area (Å²) in [6, 6.07) is 16.1. The van der Waals surface area contributed by atoms with Gasteiger partial charge in [-0.15, -0.1) is 0 Å². The van der Waals surface area contributed by atoms with Crippen molar-refractivity contribution < 1.29 is 4.79 Å². The van der Waals surface area contributed by atoms with Crippen molar-refractivity contribution >= 4 is 33.4 Å². The van der Waals surface area contributed by atoms with E-state index in [0.717, 1.165) is 39.4 Å². The number of nitrogens with two attached hydrogens (primary N) is 1. The Labute approximate surface area is 185 Å². The molecule has 7 heteroatoms. The van der Waals surface area contributed by atoms with E-state index in [4.69, 9.17) is 5.73 Å². The van der Waals surface area contributed by atoms with E-state index in [1.165, 1.54) is 24.2 Å². The summed E-state index contributed by atoms with van der Waals surface area (Å²) in [4.78, 5) is 28.8. The van der Waals surface area contributed by atoms with E-state index in [-0.39, 0.29) is 5.91 Å². The van der Waals surface area contributed by atoms with Gasteiger partial charge in [-0.05, 0) is 43.4 Å². The van der Waals surface area contributed by atoms with Gasteiger partial charge in [0.05, 0.1) is 15.9 Å². The van der Waals surface area contributed by atoms with Crippen LogP contribution in [0.15, 0.2) is 48.5 Å². The first-order valence-corrected chi connectivity index (χ1v) is 11.4. The lowest BCUT2D eigenvalue weighted by molar-refractivity contribution is 0.0744. The highest BCUT2D eigenvalue weighted by molar-refractivity contribution is 7.19. The number of carbonyl (C=O) groups is 1. The smallest absolute Gasteiger partial charge is 0.274 e. The highest BCUT2D eigenvalue weighted by atomic mass is 32.1. The largest absolute Gasteiger partial charge is 0.375 e. The lowest BCUT2D eigenvalue weighted by Gasteiger charge is -2.22. The van der Waals surface area contributed by atoms with Crippen molar-refractivity contribution in [1.29, 1.82) is 0 Å². The summed E-state index contributed by atoms with van der Waals surface area (Å²) in [5.41, 5.74) is 10.6. The summed E-state index contributed by atoms with van der Waals surface area (Å²) in [6.07, 6.45) is 3.03. The number of para-hydroxylation sites is 2. The molecule has 2 heterocycles. The van der Waals surface area contributed by atoms with Crippen LogP contribution in [0.4, 0.5) is 5.13 Å². The quantitative estimate of drug-likeness (QED) is 0.445. The normalized spacial score (nSPS) is 13.6. The van der Waals surface area contributed by atoms with Gasteiger partial charge >= 0.3 is 0 Å². The van der Waals surface area contributed by atoms with E-state index >= 15 is 0 Å². The number of rotatable bonds is 7. The molecule has 1 amide bonds. The second kappa shape index (κ2) is 8.15. The summed E-state index contributed by atoms with van der Waals surface area (Å²) >= 11 is 1.37. The van der Waals surface area contributed by atoms with Crippen LogP contribution in [0.25, 0.3) is 21.5 Å². The minimum atomic E-state index is -0.0486. The molecule has 31 heavy (non-hydrogen) atoms. The Morgan fingerprint density at radius 1 is 1.19 bits per heavy atom. The molecular weight excluding hydrogens is 406 g/mol. The first kappa shape index (κ1) is 19.8. The molecule has 0 saturated heterocycles. The summed E-state index contributed by atoms with van der Waals surface area (Å²) in [5, 5.41) is 0.420. The van der Waals surface area contributed by atoms with Crippen LogP contribution in [0.3, 0.4) is 0 Å². The number of carbonyl (C=O) groups excluding carboxylic acids is 1. The Morgan fingerprint density at radius 2 is 2.03 bits per heavy atom. The third-order valence-corrected chi connectivity index (χ3v) is 6.58. The number of amides is 1. The van der Waals surface area contributed by atoms with Crippen molar-refractivity contribution in [3.63, 3.8) is 0 Å². The minimum Gasteiger partial charge on any atom is -0.375 e. The maximum atomic E-state index is 13.6. The van der Waals surface area contributed by atoms with E-state index in [0.29, 0.717) is 29.7 Å². The van der Waals surface area contributed by atoms with Crippen molar-refractivity contribution in [1.82, 2.24) is 19.9 Å². The molecule has 0 spiro atoms. The van der Waals surface area contributed by atoms with E-state index in [1.54, 1.807) is 0 Å². The molecule has 5 rings (SSSR count). The van der Waals surface area contributed by atoms with Gasteiger partial charge in [0.15, 0.2) is 5.13 Å². The molecule has 3 N–H and O–H groups in total. The minimum absolute atomic E-state index is 0.0486. The summed E-state index contributed by atoms with van der Waals surface area (Å²) in [6.45, 7) is 3.39. The second-order valence-electron chi connectivity index (χ2n) is 8.24. The number of aromatic amines is 1. The van der Waals surface area contributed by atoms with Gasteiger partial charge in [0, 0.05) is 19.5 Å². The van der Waals surface area contributed by atoms with Gasteiger partial charge in [0.25, 0.3) is 5.91 Å². The van der Waals surface area contributed by atoms with Gasteiger partial charge in [0.2, 0.25) is 0 Å². The highest BCUT2D eigenvalue weighted by Crippen LogP contribution is 2.35. The van der Waals surface area contributed by atoms with Gasteiger partial charge < -0.3 is 15.6 Å². The van der Waals surface area contributed by atoms with Gasteiger partial charge in [0.1, 0.15) is 11.5 Å². The molecule has 0 bridgehead atoms. The lowest BCUT2D eigenvalue weighted by Crippen LogP contribution is -2.35. The zero-order valence-electron chi connectivity index (χ0n) is 17.5. The van der Waals surface area contributed by atoms with E-state index in [1.807, 2.05) is 54.3 Å². The Bertz CT molecular complexity index is 1210. The monoisotopic (exact) mass is 431 g/mol. The number of hydrogen-bond donors (Lipinski definition) is 2. The number of H-pyrrole nitrogens is 1. The maximum Gasteiger partial charge on any atom is 0.274 e. The molecule has 0 radical (unpaired) electrons. The highest BCUT2D eigenvalue weighted by Gasteiger charge is 2.30. The number of nitrogens with one attached hydrogen (secondary N) is 1. The van der Waals surface area contributed by atoms with Crippen molar-refractivity contribution in [2.75, 3.05) is 18.8 Å². The molecule has 1 aliphatic carbocycles. The van der Waals surface area contributed by atoms with E-state index in [2.05, 4.69) is 21.0 Å². The zero-order valence-corrected chi connectivity index (χ0v) is 18.3. The number of nitrogen functional groups attached to an aromatic ring is 1. The number of aryl methyl sites for hydroxylation is 1. The van der Waals surface area contributed by atoms with Crippen LogP contribution in [0.1, 0.15) is 34.7 Å². The van der Waals surface area contributed by atoms with Gasteiger partial charge in [-0.25, -0.2) is 9.97 Å². The van der Waals surface area contributed by atoms with Crippen LogP contribution in [-0.4, -0.2) is 38.8 Å². The fraction of sp³-hybridized carbons (Fsp3) is 0.292. The summed E-state index contributed by atoms with van der Waals surface area (Å²) in [5.74, 6) is 1.43. The molecule has 2 aromatic carbocycles. The number of thiazole rings is 1. The number of nitrogens with zero attached hydrogens (tertiary/aromatic N) is 3. The fourth-order valence-electron chi connectivity index (χ4n) is 3.87. The third kappa shape index (κ3) is 4.32. The van der Waals surface area contributed by atoms with Gasteiger partial charge in [-0.2, -0.15) is 0 Å². The third-order valence-electron chi connectivity index (χ3n) is 5.65. The SMILES string of the molecule is Cc1cccc(-c2sc(N)nc2C(=O)N(CCc2nc3ccccc3[nH]2)CC2CC2)c1. The number of imidazole rings is 1. The second-order valence-corrected chi connectivity index (χ2v) is 9.28.